The van der Waals surface area contributed by atoms with Crippen molar-refractivity contribution < 1.29 is 4.79 Å². The number of nitrogens with zero attached hydrogens (tertiary/aromatic N) is 3. The van der Waals surface area contributed by atoms with Crippen LogP contribution in [-0.2, 0) is 5.75 Å². The van der Waals surface area contributed by atoms with Gasteiger partial charge in [0.15, 0.2) is 5.16 Å². The number of nitrogens with one attached hydrogen (secondary N) is 2. The minimum Gasteiger partial charge on any atom is -0.352 e. The summed E-state index contributed by atoms with van der Waals surface area (Å²) >= 11 is 3.39. The highest BCUT2D eigenvalue weighted by atomic mass is 32.2. The van der Waals surface area contributed by atoms with Gasteiger partial charge < -0.3 is 10.2 Å². The molecule has 2 N–H and O–H groups in total. The van der Waals surface area contributed by atoms with Gasteiger partial charge in [-0.1, -0.05) is 59.9 Å². The molecular weight excluding hydrogens is 450 g/mol. The highest BCUT2D eigenvalue weighted by Gasteiger charge is 2.22. The van der Waals surface area contributed by atoms with Crippen molar-refractivity contribution >= 4 is 40.8 Å². The van der Waals surface area contributed by atoms with E-state index in [1.165, 1.54) is 27.5 Å². The fourth-order valence-electron chi connectivity index (χ4n) is 3.73. The Hall–Kier alpha value is -3.23. The molecule has 0 saturated heterocycles. The molecule has 6 nitrogen and oxygen atoms in total. The lowest BCUT2D eigenvalue weighted by Gasteiger charge is -2.32. The molecule has 33 heavy (non-hydrogen) atoms. The summed E-state index contributed by atoms with van der Waals surface area (Å²) in [5.74, 6) is 0.730. The first-order chi connectivity index (χ1) is 16.3. The smallest absolute Gasteiger partial charge is 0.251 e. The van der Waals surface area contributed by atoms with Crippen LogP contribution < -0.4 is 10.2 Å². The predicted molar refractivity (Wildman–Crippen MR) is 133 cm³/mol. The Balaban J connectivity index is 1.14. The summed E-state index contributed by atoms with van der Waals surface area (Å²) < 4.78 is 0. The van der Waals surface area contributed by atoms with Gasteiger partial charge in [-0.25, -0.2) is 4.98 Å². The summed E-state index contributed by atoms with van der Waals surface area (Å²) in [6.07, 6.45) is 2.35. The lowest BCUT2D eigenvalue weighted by atomic mass is 10.1. The second-order valence-corrected chi connectivity index (χ2v) is 9.62. The van der Waals surface area contributed by atoms with Crippen molar-refractivity contribution in [3.8, 4) is 0 Å². The third-order valence-electron chi connectivity index (χ3n) is 5.36. The van der Waals surface area contributed by atoms with Crippen LogP contribution in [0.2, 0.25) is 0 Å². The van der Waals surface area contributed by atoms with Gasteiger partial charge in [-0.2, -0.15) is 5.10 Å². The average molecular weight is 474 g/mol. The standard InChI is InChI=1S/C25H23N5OS2/c31-24(19-12-10-18(11-13-19)16-32-25-27-17-28-29-25)26-14-5-15-30-20-6-1-3-8-22(20)33-23-9-4-2-7-21(23)30/h1-4,6-13,17H,5,14-16H2,(H,26,31)(H,27,28,29). The van der Waals surface area contributed by atoms with Gasteiger partial charge in [-0.05, 0) is 48.4 Å². The van der Waals surface area contributed by atoms with E-state index in [0.29, 0.717) is 12.1 Å². The van der Waals surface area contributed by atoms with Gasteiger partial charge in [0.05, 0.1) is 11.4 Å². The normalized spacial score (nSPS) is 12.2. The molecule has 0 saturated carbocycles. The largest absolute Gasteiger partial charge is 0.352 e. The molecule has 1 amide bonds. The molecule has 1 aliphatic heterocycles. The number of thioether (sulfide) groups is 1. The predicted octanol–water partition coefficient (Wildman–Crippen LogP) is 5.52. The number of H-pyrrole nitrogens is 1. The number of benzene rings is 3. The summed E-state index contributed by atoms with van der Waals surface area (Å²) in [6, 6.07) is 24.7. The van der Waals surface area contributed by atoms with Crippen molar-refractivity contribution in [2.24, 2.45) is 0 Å². The van der Waals surface area contributed by atoms with Crippen LogP contribution in [0.1, 0.15) is 22.3 Å². The van der Waals surface area contributed by atoms with Gasteiger partial charge in [-0.15, -0.1) is 0 Å². The fraction of sp³-hybridized carbons (Fsp3) is 0.160. The van der Waals surface area contributed by atoms with Crippen LogP contribution >= 0.6 is 23.5 Å². The zero-order valence-corrected chi connectivity index (χ0v) is 19.5. The number of fused-ring (bicyclic) bond motifs is 2. The first kappa shape index (κ1) is 21.6. The third kappa shape index (κ3) is 5.07. The van der Waals surface area contributed by atoms with Crippen LogP contribution in [-0.4, -0.2) is 34.2 Å². The Kier molecular flexibility index (Phi) is 6.64. The van der Waals surface area contributed by atoms with Gasteiger partial charge in [0, 0.05) is 34.2 Å². The Morgan fingerprint density at radius 2 is 1.67 bits per heavy atom. The molecule has 0 atom stereocenters. The summed E-state index contributed by atoms with van der Waals surface area (Å²) in [4.78, 5) is 21.6. The van der Waals surface area contributed by atoms with Gasteiger partial charge in [0.25, 0.3) is 5.91 Å². The maximum atomic E-state index is 12.6. The summed E-state index contributed by atoms with van der Waals surface area (Å²) in [5.41, 5.74) is 4.26. The molecule has 0 bridgehead atoms. The zero-order chi connectivity index (χ0) is 22.5. The molecule has 0 aliphatic carbocycles. The molecular formula is C25H23N5OS2. The number of carbonyl (C=O) groups excluding carboxylic acids is 1. The molecule has 0 radical (unpaired) electrons. The number of rotatable bonds is 8. The van der Waals surface area contributed by atoms with E-state index in [1.54, 1.807) is 11.8 Å². The fourth-order valence-corrected chi connectivity index (χ4v) is 5.56. The summed E-state index contributed by atoms with van der Waals surface area (Å²) in [5, 5.41) is 10.5. The SMILES string of the molecule is O=C(NCCCN1c2ccccc2Sc2ccccc21)c1ccc(CSc2ncn[nH]2)cc1. The van der Waals surface area contributed by atoms with Crippen LogP contribution in [0.4, 0.5) is 11.4 Å². The number of hydrogen-bond acceptors (Lipinski definition) is 6. The summed E-state index contributed by atoms with van der Waals surface area (Å²) in [6.45, 7) is 1.46. The number of carbonyl (C=O) groups is 1. The molecule has 0 unspecified atom stereocenters. The quantitative estimate of drug-likeness (QED) is 0.259. The molecule has 8 heteroatoms. The monoisotopic (exact) mass is 473 g/mol. The van der Waals surface area contributed by atoms with Crippen molar-refractivity contribution in [3.63, 3.8) is 0 Å². The van der Waals surface area contributed by atoms with Crippen LogP contribution in [0.25, 0.3) is 0 Å². The van der Waals surface area contributed by atoms with E-state index in [9.17, 15) is 4.79 Å². The van der Waals surface area contributed by atoms with Crippen molar-refractivity contribution in [1.82, 2.24) is 20.5 Å². The molecule has 1 aromatic heterocycles. The van der Waals surface area contributed by atoms with E-state index < -0.39 is 0 Å². The average Bonchev–Trinajstić information content (AvgIpc) is 3.38. The van der Waals surface area contributed by atoms with E-state index in [1.807, 2.05) is 36.0 Å². The lowest BCUT2D eigenvalue weighted by molar-refractivity contribution is 0.0953. The third-order valence-corrected chi connectivity index (χ3v) is 7.44. The van der Waals surface area contributed by atoms with Crippen LogP contribution in [0, 0.1) is 0 Å². The van der Waals surface area contributed by atoms with E-state index >= 15 is 0 Å². The zero-order valence-electron chi connectivity index (χ0n) is 17.9. The Bertz CT molecular complexity index is 1180. The molecule has 0 spiro atoms. The van der Waals surface area contributed by atoms with Crippen LogP contribution in [0.15, 0.2) is 94.1 Å². The highest BCUT2D eigenvalue weighted by Crippen LogP contribution is 2.47. The van der Waals surface area contributed by atoms with E-state index in [-0.39, 0.29) is 5.91 Å². The topological polar surface area (TPSA) is 73.9 Å². The Morgan fingerprint density at radius 1 is 0.970 bits per heavy atom. The van der Waals surface area contributed by atoms with Crippen LogP contribution in [0.5, 0.6) is 0 Å². The number of aromatic nitrogens is 3. The number of para-hydroxylation sites is 2. The van der Waals surface area contributed by atoms with E-state index in [2.05, 4.69) is 73.9 Å². The van der Waals surface area contributed by atoms with Crippen molar-refractivity contribution in [1.29, 1.82) is 0 Å². The first-order valence-electron chi connectivity index (χ1n) is 10.8. The molecule has 3 aromatic carbocycles. The van der Waals surface area contributed by atoms with Gasteiger partial charge in [-0.3, -0.25) is 9.89 Å². The van der Waals surface area contributed by atoms with E-state index in [0.717, 1.165) is 29.4 Å². The van der Waals surface area contributed by atoms with Crippen molar-refractivity contribution in [2.75, 3.05) is 18.0 Å². The number of aromatic amines is 1. The second kappa shape index (κ2) is 10.1. The van der Waals surface area contributed by atoms with Crippen LogP contribution in [0.3, 0.4) is 0 Å². The molecule has 4 aromatic rings. The highest BCUT2D eigenvalue weighted by molar-refractivity contribution is 7.99. The maximum absolute atomic E-state index is 12.6. The minimum atomic E-state index is -0.0422. The maximum Gasteiger partial charge on any atom is 0.251 e. The number of anilines is 2. The van der Waals surface area contributed by atoms with E-state index in [4.69, 9.17) is 0 Å². The Labute approximate surface area is 201 Å². The molecule has 0 fully saturated rings. The molecule has 5 rings (SSSR count). The number of amides is 1. The Morgan fingerprint density at radius 3 is 2.33 bits per heavy atom. The number of hydrogen-bond donors (Lipinski definition) is 2. The molecule has 2 heterocycles. The first-order valence-corrected chi connectivity index (χ1v) is 12.6. The minimum absolute atomic E-state index is 0.0422. The summed E-state index contributed by atoms with van der Waals surface area (Å²) in [7, 11) is 0. The van der Waals surface area contributed by atoms with Crippen molar-refractivity contribution in [2.45, 2.75) is 27.1 Å². The van der Waals surface area contributed by atoms with Gasteiger partial charge >= 0.3 is 0 Å². The van der Waals surface area contributed by atoms with Crippen molar-refractivity contribution in [3.05, 3.63) is 90.3 Å². The molecule has 166 valence electrons. The second-order valence-electron chi connectivity index (χ2n) is 7.57. The van der Waals surface area contributed by atoms with Gasteiger partial charge in [0.2, 0.25) is 0 Å². The van der Waals surface area contributed by atoms with Gasteiger partial charge in [0.1, 0.15) is 6.33 Å². The molecule has 1 aliphatic rings. The lowest BCUT2D eigenvalue weighted by Crippen LogP contribution is -2.29.